The van der Waals surface area contributed by atoms with Gasteiger partial charge in [-0.05, 0) is 19.1 Å². The molecule has 100 valence electrons. The average molecular weight is 262 g/mol. The van der Waals surface area contributed by atoms with Gasteiger partial charge in [0.2, 0.25) is 0 Å². The summed E-state index contributed by atoms with van der Waals surface area (Å²) in [5, 5.41) is 10.7. The van der Waals surface area contributed by atoms with Crippen molar-refractivity contribution in [1.29, 1.82) is 5.26 Å². The van der Waals surface area contributed by atoms with Gasteiger partial charge in [-0.15, -0.1) is 0 Å². The van der Waals surface area contributed by atoms with Gasteiger partial charge >= 0.3 is 0 Å². The second-order valence-electron chi connectivity index (χ2n) is 3.64. The van der Waals surface area contributed by atoms with Gasteiger partial charge in [0.1, 0.15) is 18.0 Å². The predicted octanol–water partition coefficient (Wildman–Crippen LogP) is 0.916. The predicted molar refractivity (Wildman–Crippen MR) is 67.1 cm³/mol. The second-order valence-corrected chi connectivity index (χ2v) is 3.64. The number of nitrogens with one attached hydrogen (secondary N) is 1. The maximum Gasteiger partial charge on any atom is 0.258 e. The first-order valence-corrected chi connectivity index (χ1v) is 5.54. The Labute approximate surface area is 110 Å². The van der Waals surface area contributed by atoms with E-state index in [4.69, 9.17) is 14.7 Å². The zero-order chi connectivity index (χ0) is 14.3. The number of rotatable bonds is 6. The molecule has 6 heteroatoms. The van der Waals surface area contributed by atoms with Gasteiger partial charge in [0.15, 0.2) is 12.4 Å². The fourth-order valence-electron chi connectivity index (χ4n) is 1.37. The third-order valence-electron chi connectivity index (χ3n) is 2.29. The molecule has 1 aromatic rings. The Kier molecular flexibility index (Phi) is 5.35. The Hall–Kier alpha value is -2.55. The van der Waals surface area contributed by atoms with Crippen LogP contribution in [0.5, 0.6) is 11.5 Å². The van der Waals surface area contributed by atoms with Crippen LogP contribution in [0.2, 0.25) is 0 Å². The molecule has 0 aliphatic carbocycles. The Morgan fingerprint density at radius 1 is 1.42 bits per heavy atom. The van der Waals surface area contributed by atoms with Crippen molar-refractivity contribution in [2.45, 2.75) is 6.92 Å². The number of methoxy groups -OCH3 is 1. The van der Waals surface area contributed by atoms with E-state index in [1.807, 2.05) is 0 Å². The normalized spacial score (nSPS) is 9.32. The summed E-state index contributed by atoms with van der Waals surface area (Å²) in [6.07, 6.45) is 0. The van der Waals surface area contributed by atoms with Crippen molar-refractivity contribution in [2.24, 2.45) is 0 Å². The minimum absolute atomic E-state index is 0.0835. The largest absolute Gasteiger partial charge is 0.497 e. The molecule has 1 aromatic carbocycles. The van der Waals surface area contributed by atoms with Gasteiger partial charge in [0, 0.05) is 6.07 Å². The molecule has 19 heavy (non-hydrogen) atoms. The maximum atomic E-state index is 11.4. The van der Waals surface area contributed by atoms with Crippen LogP contribution in [0, 0.1) is 11.3 Å². The molecule has 0 aliphatic rings. The Bertz CT molecular complexity index is 520. The van der Waals surface area contributed by atoms with E-state index in [0.29, 0.717) is 11.3 Å². The second kappa shape index (κ2) is 7.01. The number of benzene rings is 1. The van der Waals surface area contributed by atoms with Crippen LogP contribution in [0.1, 0.15) is 17.3 Å². The zero-order valence-corrected chi connectivity index (χ0v) is 10.7. The van der Waals surface area contributed by atoms with E-state index in [1.165, 1.54) is 20.1 Å². The van der Waals surface area contributed by atoms with Crippen LogP contribution in [-0.4, -0.2) is 32.0 Å². The smallest absolute Gasteiger partial charge is 0.258 e. The zero-order valence-electron chi connectivity index (χ0n) is 10.7. The number of hydrogen-bond donors (Lipinski definition) is 1. The highest BCUT2D eigenvalue weighted by Crippen LogP contribution is 2.25. The highest BCUT2D eigenvalue weighted by molar-refractivity contribution is 5.97. The molecule has 0 aliphatic heterocycles. The van der Waals surface area contributed by atoms with E-state index in [9.17, 15) is 9.59 Å². The lowest BCUT2D eigenvalue weighted by Crippen LogP contribution is -2.29. The number of Topliss-reactive ketones (excluding diaryl/α,β-unsaturated/α-hetero) is 1. The molecule has 0 bridgehead atoms. The van der Waals surface area contributed by atoms with E-state index in [-0.39, 0.29) is 24.7 Å². The lowest BCUT2D eigenvalue weighted by Gasteiger charge is -2.10. The summed E-state index contributed by atoms with van der Waals surface area (Å²) < 4.78 is 10.3. The lowest BCUT2D eigenvalue weighted by atomic mass is 10.1. The standard InChI is InChI=1S/C13H14N2O4/c1-9(16)11-4-3-10(18-2)7-12(11)19-8-13(17)15-6-5-14/h3-4,7H,6,8H2,1-2H3,(H,15,17). The molecule has 0 spiro atoms. The first kappa shape index (κ1) is 14.5. The molecule has 6 nitrogen and oxygen atoms in total. The highest BCUT2D eigenvalue weighted by Gasteiger charge is 2.11. The summed E-state index contributed by atoms with van der Waals surface area (Å²) in [6, 6.07) is 6.53. The SMILES string of the molecule is COc1ccc(C(C)=O)c(OCC(=O)NCC#N)c1. The van der Waals surface area contributed by atoms with Crippen LogP contribution >= 0.6 is 0 Å². The monoisotopic (exact) mass is 262 g/mol. The molecule has 1 N–H and O–H groups in total. The average Bonchev–Trinajstić information content (AvgIpc) is 2.42. The van der Waals surface area contributed by atoms with E-state index >= 15 is 0 Å². The number of nitriles is 1. The fraction of sp³-hybridized carbons (Fsp3) is 0.308. The summed E-state index contributed by atoms with van der Waals surface area (Å²) in [6.45, 7) is 1.05. The summed E-state index contributed by atoms with van der Waals surface area (Å²) in [7, 11) is 1.49. The molecule has 0 unspecified atom stereocenters. The van der Waals surface area contributed by atoms with Crippen LogP contribution in [0.3, 0.4) is 0 Å². The van der Waals surface area contributed by atoms with Gasteiger partial charge in [0.25, 0.3) is 5.91 Å². The minimum Gasteiger partial charge on any atom is -0.497 e. The van der Waals surface area contributed by atoms with Crippen LogP contribution in [0.15, 0.2) is 18.2 Å². The summed E-state index contributed by atoms with van der Waals surface area (Å²) >= 11 is 0. The highest BCUT2D eigenvalue weighted by atomic mass is 16.5. The molecule has 0 atom stereocenters. The first-order valence-electron chi connectivity index (χ1n) is 5.54. The molecular weight excluding hydrogens is 248 g/mol. The van der Waals surface area contributed by atoms with Gasteiger partial charge in [-0.1, -0.05) is 0 Å². The molecule has 0 radical (unpaired) electrons. The number of ketones is 1. The third kappa shape index (κ3) is 4.32. The first-order chi connectivity index (χ1) is 9.08. The molecule has 1 rings (SSSR count). The fourth-order valence-corrected chi connectivity index (χ4v) is 1.37. The Morgan fingerprint density at radius 3 is 2.74 bits per heavy atom. The van der Waals surface area contributed by atoms with Crippen molar-refractivity contribution >= 4 is 11.7 Å². The maximum absolute atomic E-state index is 11.4. The van der Waals surface area contributed by atoms with Crippen molar-refractivity contribution in [2.75, 3.05) is 20.3 Å². The number of carbonyl (C=O) groups excluding carboxylic acids is 2. The summed E-state index contributed by atoms with van der Waals surface area (Å²) in [4.78, 5) is 22.7. The Morgan fingerprint density at radius 2 is 2.16 bits per heavy atom. The van der Waals surface area contributed by atoms with Crippen LogP contribution in [0.25, 0.3) is 0 Å². The van der Waals surface area contributed by atoms with Gasteiger partial charge < -0.3 is 14.8 Å². The van der Waals surface area contributed by atoms with Crippen LogP contribution < -0.4 is 14.8 Å². The Balaban J connectivity index is 2.78. The van der Waals surface area contributed by atoms with Gasteiger partial charge in [0.05, 0.1) is 18.7 Å². The number of amides is 1. The molecule has 1 amide bonds. The summed E-state index contributed by atoms with van der Waals surface area (Å²) in [5.74, 6) is 0.199. The number of carbonyl (C=O) groups is 2. The van der Waals surface area contributed by atoms with Gasteiger partial charge in [-0.25, -0.2) is 0 Å². The molecule has 0 aromatic heterocycles. The van der Waals surface area contributed by atoms with E-state index < -0.39 is 5.91 Å². The van der Waals surface area contributed by atoms with E-state index in [2.05, 4.69) is 5.32 Å². The number of ether oxygens (including phenoxy) is 2. The third-order valence-corrected chi connectivity index (χ3v) is 2.29. The van der Waals surface area contributed by atoms with Crippen LogP contribution in [0.4, 0.5) is 0 Å². The minimum atomic E-state index is -0.432. The molecular formula is C13H14N2O4. The molecule has 0 saturated carbocycles. The summed E-state index contributed by atoms with van der Waals surface area (Å²) in [5.41, 5.74) is 0.369. The van der Waals surface area contributed by atoms with Crippen molar-refractivity contribution in [3.8, 4) is 17.6 Å². The van der Waals surface area contributed by atoms with E-state index in [0.717, 1.165) is 0 Å². The van der Waals surface area contributed by atoms with E-state index in [1.54, 1.807) is 18.2 Å². The van der Waals surface area contributed by atoms with Crippen molar-refractivity contribution in [3.05, 3.63) is 23.8 Å². The van der Waals surface area contributed by atoms with Crippen molar-refractivity contribution < 1.29 is 19.1 Å². The van der Waals surface area contributed by atoms with Gasteiger partial charge in [-0.3, -0.25) is 9.59 Å². The molecule has 0 saturated heterocycles. The number of hydrogen-bond acceptors (Lipinski definition) is 5. The van der Waals surface area contributed by atoms with Gasteiger partial charge in [-0.2, -0.15) is 5.26 Å². The number of nitrogens with zero attached hydrogens (tertiary/aromatic N) is 1. The quantitative estimate of drug-likeness (QED) is 0.608. The van der Waals surface area contributed by atoms with Crippen LogP contribution in [-0.2, 0) is 4.79 Å². The molecule has 0 heterocycles. The lowest BCUT2D eigenvalue weighted by molar-refractivity contribution is -0.122. The topological polar surface area (TPSA) is 88.4 Å². The van der Waals surface area contributed by atoms with Crippen molar-refractivity contribution in [3.63, 3.8) is 0 Å². The van der Waals surface area contributed by atoms with Crippen molar-refractivity contribution in [1.82, 2.24) is 5.32 Å². The molecule has 0 fully saturated rings.